The van der Waals surface area contributed by atoms with E-state index in [2.05, 4.69) is 6.58 Å². The summed E-state index contributed by atoms with van der Waals surface area (Å²) < 4.78 is 17.3. The van der Waals surface area contributed by atoms with Crippen LogP contribution in [0.3, 0.4) is 0 Å². The molecule has 1 atom stereocenters. The second-order valence-corrected chi connectivity index (χ2v) is 6.70. The molecule has 4 heteroatoms. The fraction of sp³-hybridized carbons (Fsp3) is 0.0588. The van der Waals surface area contributed by atoms with E-state index < -0.39 is 7.60 Å². The van der Waals surface area contributed by atoms with Gasteiger partial charge in [0.1, 0.15) is 5.75 Å². The Morgan fingerprint density at radius 1 is 1.05 bits per heavy atom. The Kier molecular flexibility index (Phi) is 3.54. The fourth-order valence-electron chi connectivity index (χ4n) is 2.37. The molecule has 0 bridgehead atoms. The zero-order valence-electron chi connectivity index (χ0n) is 11.4. The molecule has 0 radical (unpaired) electrons. The van der Waals surface area contributed by atoms with Crippen LogP contribution in [0.15, 0.2) is 67.3 Å². The van der Waals surface area contributed by atoms with Gasteiger partial charge in [-0.15, -0.1) is 6.58 Å². The third-order valence-corrected chi connectivity index (χ3v) is 4.51. The van der Waals surface area contributed by atoms with E-state index in [0.29, 0.717) is 5.75 Å². The third kappa shape index (κ3) is 2.85. The molecule has 0 saturated carbocycles. The summed E-state index contributed by atoms with van der Waals surface area (Å²) >= 11 is 0. The lowest BCUT2D eigenvalue weighted by molar-refractivity contribution is 0.385. The zero-order chi connectivity index (χ0) is 14.9. The molecule has 1 N–H and O–H groups in total. The van der Waals surface area contributed by atoms with E-state index in [1.807, 2.05) is 48.5 Å². The van der Waals surface area contributed by atoms with Crippen LogP contribution < -0.4 is 4.52 Å². The van der Waals surface area contributed by atoms with Gasteiger partial charge in [-0.2, -0.15) is 0 Å². The van der Waals surface area contributed by atoms with E-state index in [-0.39, 0.29) is 6.16 Å². The Labute approximate surface area is 123 Å². The second-order valence-electron chi connectivity index (χ2n) is 4.88. The number of benzene rings is 3. The highest BCUT2D eigenvalue weighted by Crippen LogP contribution is 2.45. The van der Waals surface area contributed by atoms with Crippen LogP contribution in [0.4, 0.5) is 0 Å². The average molecular weight is 298 g/mol. The summed E-state index contributed by atoms with van der Waals surface area (Å²) in [7, 11) is -3.70. The van der Waals surface area contributed by atoms with Crippen LogP contribution in [0.5, 0.6) is 5.75 Å². The molecule has 106 valence electrons. The maximum atomic E-state index is 12.0. The SMILES string of the molecule is C=CCP(=O)(O)Oc1cccc2cc3ccccc3cc12. The van der Waals surface area contributed by atoms with E-state index in [9.17, 15) is 9.46 Å². The van der Waals surface area contributed by atoms with Crippen LogP contribution >= 0.6 is 7.60 Å². The standard InChI is InChI=1S/C17H15O3P/c1-2-10-21(18,19)20-17-9-5-8-15-11-13-6-3-4-7-14(13)12-16(15)17/h2-9,11-12H,1,10H2,(H,18,19). The Bertz CT molecular complexity index is 870. The van der Waals surface area contributed by atoms with Crippen molar-refractivity contribution in [2.45, 2.75) is 0 Å². The summed E-state index contributed by atoms with van der Waals surface area (Å²) in [6.07, 6.45) is 1.32. The van der Waals surface area contributed by atoms with Crippen LogP contribution in [-0.4, -0.2) is 11.1 Å². The van der Waals surface area contributed by atoms with Crippen molar-refractivity contribution < 1.29 is 14.0 Å². The lowest BCUT2D eigenvalue weighted by atomic mass is 10.0. The first-order valence-corrected chi connectivity index (χ1v) is 8.39. The number of rotatable bonds is 4. The topological polar surface area (TPSA) is 46.5 Å². The van der Waals surface area contributed by atoms with Gasteiger partial charge in [0.05, 0.1) is 6.16 Å². The lowest BCUT2D eigenvalue weighted by Gasteiger charge is -2.14. The minimum Gasteiger partial charge on any atom is -0.424 e. The molecule has 3 rings (SSSR count). The van der Waals surface area contributed by atoms with E-state index in [1.54, 1.807) is 6.07 Å². The molecule has 0 aliphatic heterocycles. The molecule has 3 aromatic carbocycles. The Balaban J connectivity index is 2.17. The molecule has 0 heterocycles. The number of fused-ring (bicyclic) bond motifs is 2. The van der Waals surface area contributed by atoms with E-state index in [0.717, 1.165) is 21.5 Å². The van der Waals surface area contributed by atoms with Crippen molar-refractivity contribution in [2.75, 3.05) is 6.16 Å². The highest BCUT2D eigenvalue weighted by Gasteiger charge is 2.19. The van der Waals surface area contributed by atoms with Gasteiger partial charge in [-0.25, -0.2) is 4.57 Å². The van der Waals surface area contributed by atoms with Gasteiger partial charge < -0.3 is 9.42 Å². The van der Waals surface area contributed by atoms with Gasteiger partial charge in [0.2, 0.25) is 0 Å². The van der Waals surface area contributed by atoms with Crippen LogP contribution in [0.25, 0.3) is 21.5 Å². The molecule has 1 unspecified atom stereocenters. The Morgan fingerprint density at radius 2 is 1.71 bits per heavy atom. The fourth-order valence-corrected chi connectivity index (χ4v) is 3.24. The van der Waals surface area contributed by atoms with E-state index >= 15 is 0 Å². The van der Waals surface area contributed by atoms with Crippen molar-refractivity contribution in [3.63, 3.8) is 0 Å². The van der Waals surface area contributed by atoms with Gasteiger partial charge in [-0.05, 0) is 34.4 Å². The molecule has 0 fully saturated rings. The first-order valence-electron chi connectivity index (χ1n) is 6.63. The van der Waals surface area contributed by atoms with Gasteiger partial charge in [-0.3, -0.25) is 0 Å². The summed E-state index contributed by atoms with van der Waals surface area (Å²) in [6.45, 7) is 3.48. The molecule has 3 nitrogen and oxygen atoms in total. The highest BCUT2D eigenvalue weighted by molar-refractivity contribution is 7.53. The quantitative estimate of drug-likeness (QED) is 0.430. The molecule has 0 spiro atoms. The minimum absolute atomic E-state index is 0.0725. The number of hydrogen-bond acceptors (Lipinski definition) is 2. The summed E-state index contributed by atoms with van der Waals surface area (Å²) in [5, 5.41) is 4.00. The predicted octanol–water partition coefficient (Wildman–Crippen LogP) is 4.74. The highest BCUT2D eigenvalue weighted by atomic mass is 31.2. The normalized spacial score (nSPS) is 14.0. The van der Waals surface area contributed by atoms with Crippen molar-refractivity contribution >= 4 is 29.1 Å². The number of allylic oxidation sites excluding steroid dienone is 1. The smallest absolute Gasteiger partial charge is 0.380 e. The molecule has 0 aromatic heterocycles. The maximum absolute atomic E-state index is 12.0. The van der Waals surface area contributed by atoms with Crippen molar-refractivity contribution in [2.24, 2.45) is 0 Å². The predicted molar refractivity (Wildman–Crippen MR) is 87.0 cm³/mol. The zero-order valence-corrected chi connectivity index (χ0v) is 12.3. The van der Waals surface area contributed by atoms with Crippen LogP contribution in [0.2, 0.25) is 0 Å². The molecular formula is C17H15O3P. The molecule has 21 heavy (non-hydrogen) atoms. The summed E-state index contributed by atoms with van der Waals surface area (Å²) in [5.41, 5.74) is 0. The first kappa shape index (κ1) is 13.9. The Morgan fingerprint density at radius 3 is 2.43 bits per heavy atom. The van der Waals surface area contributed by atoms with Gasteiger partial charge in [0.25, 0.3) is 0 Å². The molecule has 0 aliphatic carbocycles. The monoisotopic (exact) mass is 298 g/mol. The van der Waals surface area contributed by atoms with Crippen molar-refractivity contribution in [1.82, 2.24) is 0 Å². The van der Waals surface area contributed by atoms with Crippen LogP contribution in [0, 0.1) is 0 Å². The van der Waals surface area contributed by atoms with Crippen LogP contribution in [0.1, 0.15) is 0 Å². The maximum Gasteiger partial charge on any atom is 0.380 e. The van der Waals surface area contributed by atoms with E-state index in [4.69, 9.17) is 4.52 Å². The van der Waals surface area contributed by atoms with Crippen molar-refractivity contribution in [3.05, 3.63) is 67.3 Å². The molecule has 0 aliphatic rings. The minimum atomic E-state index is -3.70. The third-order valence-electron chi connectivity index (χ3n) is 3.31. The average Bonchev–Trinajstić information content (AvgIpc) is 2.45. The lowest BCUT2D eigenvalue weighted by Crippen LogP contribution is -1.95. The largest absolute Gasteiger partial charge is 0.424 e. The number of hydrogen-bond donors (Lipinski definition) is 1. The van der Waals surface area contributed by atoms with Crippen molar-refractivity contribution in [3.8, 4) is 5.75 Å². The van der Waals surface area contributed by atoms with Gasteiger partial charge in [0.15, 0.2) is 0 Å². The van der Waals surface area contributed by atoms with Gasteiger partial charge in [0, 0.05) is 5.39 Å². The summed E-state index contributed by atoms with van der Waals surface area (Å²) in [4.78, 5) is 9.80. The van der Waals surface area contributed by atoms with Gasteiger partial charge in [-0.1, -0.05) is 42.5 Å². The van der Waals surface area contributed by atoms with E-state index in [1.165, 1.54) is 6.08 Å². The molecule has 0 saturated heterocycles. The molecule has 0 amide bonds. The Hall–Kier alpha value is -2.09. The van der Waals surface area contributed by atoms with Crippen LogP contribution in [-0.2, 0) is 4.57 Å². The molecule has 3 aromatic rings. The first-order chi connectivity index (χ1) is 10.1. The van der Waals surface area contributed by atoms with Crippen molar-refractivity contribution in [1.29, 1.82) is 0 Å². The summed E-state index contributed by atoms with van der Waals surface area (Å²) in [5.74, 6) is 0.422. The molecular weight excluding hydrogens is 283 g/mol. The summed E-state index contributed by atoms with van der Waals surface area (Å²) in [6, 6.07) is 17.5. The van der Waals surface area contributed by atoms with Gasteiger partial charge >= 0.3 is 7.60 Å². The second kappa shape index (κ2) is 5.36.